The number of anilines is 1. The molecule has 1 aliphatic rings. The molecule has 6 nitrogen and oxygen atoms in total. The van der Waals surface area contributed by atoms with Crippen LogP contribution in [0.5, 0.6) is 0 Å². The van der Waals surface area contributed by atoms with E-state index in [1.807, 2.05) is 18.2 Å². The molecule has 0 saturated heterocycles. The third-order valence-corrected chi connectivity index (χ3v) is 5.25. The zero-order valence-electron chi connectivity index (χ0n) is 16.8. The average Bonchev–Trinajstić information content (AvgIpc) is 2.82. The summed E-state index contributed by atoms with van der Waals surface area (Å²) in [4.78, 5) is 37.9. The predicted molar refractivity (Wildman–Crippen MR) is 117 cm³/mol. The quantitative estimate of drug-likeness (QED) is 0.355. The maximum atomic E-state index is 13.0. The second-order valence-corrected chi connectivity index (χ2v) is 7.27. The molecule has 0 bridgehead atoms. The normalized spacial score (nSPS) is 13.2. The van der Waals surface area contributed by atoms with Crippen LogP contribution in [0.4, 0.5) is 5.69 Å². The van der Waals surface area contributed by atoms with Crippen LogP contribution in [0.2, 0.25) is 0 Å². The molecule has 0 aliphatic heterocycles. The lowest BCUT2D eigenvalue weighted by Gasteiger charge is -2.20. The Balaban J connectivity index is 1.36. The summed E-state index contributed by atoms with van der Waals surface area (Å²) in [7, 11) is 0. The van der Waals surface area contributed by atoms with Gasteiger partial charge in [0, 0.05) is 28.9 Å². The van der Waals surface area contributed by atoms with E-state index in [0.717, 1.165) is 0 Å². The van der Waals surface area contributed by atoms with E-state index in [4.69, 9.17) is 10.5 Å². The van der Waals surface area contributed by atoms with Crippen molar-refractivity contribution < 1.29 is 19.1 Å². The Kier molecular flexibility index (Phi) is 5.91. The number of hydrogen-bond acceptors (Lipinski definition) is 6. The first-order valence-electron chi connectivity index (χ1n) is 10.1. The van der Waals surface area contributed by atoms with Gasteiger partial charge in [0.15, 0.2) is 11.6 Å². The number of ketones is 2. The van der Waals surface area contributed by atoms with Crippen molar-refractivity contribution in [3.05, 3.63) is 101 Å². The summed E-state index contributed by atoms with van der Waals surface area (Å²) in [5.74, 6) is -0.813. The highest BCUT2D eigenvalue weighted by atomic mass is 16.5. The molecule has 0 heterocycles. The minimum atomic E-state index is -0.820. The van der Waals surface area contributed by atoms with Crippen LogP contribution in [0.1, 0.15) is 49.9 Å². The largest absolute Gasteiger partial charge is 0.464 e. The van der Waals surface area contributed by atoms with Crippen molar-refractivity contribution in [2.45, 2.75) is 12.5 Å². The van der Waals surface area contributed by atoms with Crippen molar-refractivity contribution in [2.24, 2.45) is 5.73 Å². The molecule has 1 atom stereocenters. The highest BCUT2D eigenvalue weighted by Gasteiger charge is 2.31. The van der Waals surface area contributed by atoms with Crippen LogP contribution in [-0.2, 0) is 9.53 Å². The first-order chi connectivity index (χ1) is 15.1. The third-order valence-electron chi connectivity index (χ3n) is 5.25. The summed E-state index contributed by atoms with van der Waals surface area (Å²) in [5.41, 5.74) is 8.85. The lowest BCUT2D eigenvalue weighted by Crippen LogP contribution is -2.25. The van der Waals surface area contributed by atoms with Gasteiger partial charge in [0.25, 0.3) is 0 Å². The van der Waals surface area contributed by atoms with Crippen LogP contribution in [0.15, 0.2) is 72.8 Å². The van der Waals surface area contributed by atoms with Crippen molar-refractivity contribution in [3.63, 3.8) is 0 Å². The molecule has 156 valence electrons. The minimum absolute atomic E-state index is 0.155. The number of hydrogen-bond donors (Lipinski definition) is 2. The number of nitrogens with two attached hydrogens (primary N) is 1. The second-order valence-electron chi connectivity index (χ2n) is 7.27. The summed E-state index contributed by atoms with van der Waals surface area (Å²) < 4.78 is 5.27. The summed E-state index contributed by atoms with van der Waals surface area (Å²) in [6, 6.07) is 20.3. The Bertz CT molecular complexity index is 1140. The van der Waals surface area contributed by atoms with Gasteiger partial charge in [0.2, 0.25) is 0 Å². The molecule has 0 saturated carbocycles. The van der Waals surface area contributed by atoms with E-state index in [-0.39, 0.29) is 18.2 Å². The topological polar surface area (TPSA) is 98.5 Å². The summed E-state index contributed by atoms with van der Waals surface area (Å²) >= 11 is 0. The maximum absolute atomic E-state index is 13.0. The van der Waals surface area contributed by atoms with Crippen molar-refractivity contribution in [1.29, 1.82) is 0 Å². The zero-order chi connectivity index (χ0) is 21.8. The molecule has 4 rings (SSSR count). The molecule has 0 amide bonds. The van der Waals surface area contributed by atoms with Gasteiger partial charge in [-0.3, -0.25) is 9.59 Å². The SMILES string of the molecule is N[C@@H](C(=O)OCCCNc1cccc2c1C(=O)c1ccccc1C2=O)c1ccccc1. The fourth-order valence-electron chi connectivity index (χ4n) is 3.65. The number of nitrogens with one attached hydrogen (secondary N) is 1. The highest BCUT2D eigenvalue weighted by molar-refractivity contribution is 6.30. The van der Waals surface area contributed by atoms with Crippen molar-refractivity contribution >= 4 is 23.2 Å². The number of carbonyl (C=O) groups is 3. The molecule has 0 fully saturated rings. The molecule has 0 unspecified atom stereocenters. The second kappa shape index (κ2) is 8.93. The molecule has 1 aliphatic carbocycles. The third kappa shape index (κ3) is 4.11. The summed E-state index contributed by atoms with van der Waals surface area (Å²) in [5, 5.41) is 3.19. The van der Waals surface area contributed by atoms with Gasteiger partial charge in [-0.2, -0.15) is 0 Å². The molecule has 3 aromatic rings. The molecule has 3 N–H and O–H groups in total. The number of ether oxygens (including phenoxy) is 1. The van der Waals surface area contributed by atoms with Gasteiger partial charge in [-0.25, -0.2) is 4.79 Å². The van der Waals surface area contributed by atoms with E-state index < -0.39 is 12.0 Å². The Morgan fingerprint density at radius 2 is 1.48 bits per heavy atom. The molecule has 31 heavy (non-hydrogen) atoms. The summed E-state index contributed by atoms with van der Waals surface area (Å²) in [6.45, 7) is 0.657. The van der Waals surface area contributed by atoms with E-state index in [9.17, 15) is 14.4 Å². The maximum Gasteiger partial charge on any atom is 0.327 e. The van der Waals surface area contributed by atoms with Crippen LogP contribution < -0.4 is 11.1 Å². The zero-order valence-corrected chi connectivity index (χ0v) is 16.8. The van der Waals surface area contributed by atoms with Gasteiger partial charge in [-0.1, -0.05) is 66.7 Å². The van der Waals surface area contributed by atoms with Gasteiger partial charge >= 0.3 is 5.97 Å². The Morgan fingerprint density at radius 3 is 2.23 bits per heavy atom. The van der Waals surface area contributed by atoms with Crippen LogP contribution >= 0.6 is 0 Å². The molecule has 0 spiro atoms. The van der Waals surface area contributed by atoms with Gasteiger partial charge in [-0.05, 0) is 18.1 Å². The van der Waals surface area contributed by atoms with E-state index in [1.165, 1.54) is 0 Å². The number of benzene rings is 3. The monoisotopic (exact) mass is 414 g/mol. The summed E-state index contributed by atoms with van der Waals surface area (Å²) in [6.07, 6.45) is 0.523. The van der Waals surface area contributed by atoms with Gasteiger partial charge in [0.1, 0.15) is 6.04 Å². The number of fused-ring (bicyclic) bond motifs is 2. The van der Waals surface area contributed by atoms with Crippen LogP contribution in [-0.4, -0.2) is 30.7 Å². The van der Waals surface area contributed by atoms with Crippen molar-refractivity contribution in [2.75, 3.05) is 18.5 Å². The lowest BCUT2D eigenvalue weighted by molar-refractivity contribution is -0.145. The minimum Gasteiger partial charge on any atom is -0.464 e. The number of carbonyl (C=O) groups excluding carboxylic acids is 3. The molecule has 0 aromatic heterocycles. The molecule has 3 aromatic carbocycles. The first-order valence-corrected chi connectivity index (χ1v) is 10.1. The smallest absolute Gasteiger partial charge is 0.327 e. The van der Waals surface area contributed by atoms with Gasteiger partial charge in [0.05, 0.1) is 12.2 Å². The van der Waals surface area contributed by atoms with Crippen LogP contribution in [0, 0.1) is 0 Å². The fourth-order valence-corrected chi connectivity index (χ4v) is 3.65. The molecule has 0 radical (unpaired) electrons. The van der Waals surface area contributed by atoms with Crippen molar-refractivity contribution in [1.82, 2.24) is 0 Å². The lowest BCUT2D eigenvalue weighted by atomic mass is 9.83. The predicted octanol–water partition coefficient (Wildman–Crippen LogP) is 3.51. The van der Waals surface area contributed by atoms with E-state index in [2.05, 4.69) is 5.32 Å². The van der Waals surface area contributed by atoms with Crippen molar-refractivity contribution in [3.8, 4) is 0 Å². The van der Waals surface area contributed by atoms with E-state index in [0.29, 0.717) is 46.5 Å². The average molecular weight is 414 g/mol. The fraction of sp³-hybridized carbons (Fsp3) is 0.160. The molecular weight excluding hydrogens is 392 g/mol. The Morgan fingerprint density at radius 1 is 0.839 bits per heavy atom. The first kappa shape index (κ1) is 20.5. The van der Waals surface area contributed by atoms with E-state index >= 15 is 0 Å². The Hall–Kier alpha value is -3.77. The number of rotatable bonds is 7. The van der Waals surface area contributed by atoms with Crippen LogP contribution in [0.3, 0.4) is 0 Å². The highest BCUT2D eigenvalue weighted by Crippen LogP contribution is 2.31. The molecular formula is C25H22N2O4. The Labute approximate surface area is 180 Å². The van der Waals surface area contributed by atoms with Crippen LogP contribution in [0.25, 0.3) is 0 Å². The van der Waals surface area contributed by atoms with Gasteiger partial charge in [-0.15, -0.1) is 0 Å². The number of esters is 1. The van der Waals surface area contributed by atoms with E-state index in [1.54, 1.807) is 54.6 Å². The standard InChI is InChI=1S/C25H22N2O4/c26-22(16-8-2-1-3-9-16)25(30)31-15-7-14-27-20-13-6-12-19-21(20)24(29)18-11-5-4-10-17(18)23(19)28/h1-6,8-13,22,27H,7,14-15,26H2/t22-/m1/s1. The molecule has 6 heteroatoms. The van der Waals surface area contributed by atoms with Gasteiger partial charge < -0.3 is 15.8 Å².